The van der Waals surface area contributed by atoms with Crippen LogP contribution < -0.4 is 5.32 Å². The van der Waals surface area contributed by atoms with Crippen molar-refractivity contribution in [3.63, 3.8) is 0 Å². The standard InChI is InChI=1S/C14H16BrN3O2/c1-14(2,3)20-13(19)17-10-8-16-18(9-10)12-7-5-4-6-11(12)15/h4-9H,1-3H3,(H,17,19). The van der Waals surface area contributed by atoms with Crippen LogP contribution in [0.1, 0.15) is 20.8 Å². The molecular formula is C14H16BrN3O2. The lowest BCUT2D eigenvalue weighted by Gasteiger charge is -2.19. The van der Waals surface area contributed by atoms with Crippen LogP contribution in [0.15, 0.2) is 41.1 Å². The van der Waals surface area contributed by atoms with Crippen molar-refractivity contribution in [3.05, 3.63) is 41.1 Å². The first kappa shape index (κ1) is 14.6. The van der Waals surface area contributed by atoms with Crippen molar-refractivity contribution in [2.45, 2.75) is 26.4 Å². The Morgan fingerprint density at radius 1 is 1.35 bits per heavy atom. The number of nitrogens with zero attached hydrogens (tertiary/aromatic N) is 2. The lowest BCUT2D eigenvalue weighted by molar-refractivity contribution is 0.0636. The normalized spacial score (nSPS) is 11.2. The summed E-state index contributed by atoms with van der Waals surface area (Å²) < 4.78 is 7.78. The third kappa shape index (κ3) is 3.84. The van der Waals surface area contributed by atoms with Crippen LogP contribution in [0.2, 0.25) is 0 Å². The number of amides is 1. The first-order valence-corrected chi connectivity index (χ1v) is 6.94. The molecule has 20 heavy (non-hydrogen) atoms. The van der Waals surface area contributed by atoms with Crippen LogP contribution in [-0.4, -0.2) is 21.5 Å². The molecule has 0 aliphatic heterocycles. The summed E-state index contributed by atoms with van der Waals surface area (Å²) in [4.78, 5) is 11.7. The zero-order chi connectivity index (χ0) is 14.8. The van der Waals surface area contributed by atoms with E-state index in [1.165, 1.54) is 0 Å². The third-order valence-corrected chi connectivity index (χ3v) is 3.00. The monoisotopic (exact) mass is 337 g/mol. The van der Waals surface area contributed by atoms with Gasteiger partial charge in [-0.1, -0.05) is 12.1 Å². The topological polar surface area (TPSA) is 56.1 Å². The molecule has 6 heteroatoms. The third-order valence-electron chi connectivity index (χ3n) is 2.33. The first-order valence-electron chi connectivity index (χ1n) is 6.15. The molecule has 0 bridgehead atoms. The molecule has 0 saturated heterocycles. The molecule has 2 rings (SSSR count). The maximum absolute atomic E-state index is 11.7. The number of hydrogen-bond acceptors (Lipinski definition) is 3. The quantitative estimate of drug-likeness (QED) is 0.901. The second-order valence-electron chi connectivity index (χ2n) is 5.25. The number of halogens is 1. The number of ether oxygens (including phenoxy) is 1. The van der Waals surface area contributed by atoms with Gasteiger partial charge in [0, 0.05) is 4.47 Å². The summed E-state index contributed by atoms with van der Waals surface area (Å²) >= 11 is 3.46. The molecular weight excluding hydrogens is 322 g/mol. The van der Waals surface area contributed by atoms with Gasteiger partial charge in [0.05, 0.1) is 23.8 Å². The van der Waals surface area contributed by atoms with Crippen molar-refractivity contribution in [2.24, 2.45) is 0 Å². The van der Waals surface area contributed by atoms with Crippen molar-refractivity contribution in [3.8, 4) is 5.69 Å². The molecule has 2 aromatic rings. The van der Waals surface area contributed by atoms with Gasteiger partial charge in [-0.2, -0.15) is 5.10 Å². The summed E-state index contributed by atoms with van der Waals surface area (Å²) in [6, 6.07) is 7.70. The largest absolute Gasteiger partial charge is 0.444 e. The number of nitrogens with one attached hydrogen (secondary N) is 1. The minimum absolute atomic E-state index is 0.496. The number of anilines is 1. The highest BCUT2D eigenvalue weighted by molar-refractivity contribution is 9.10. The summed E-state index contributed by atoms with van der Waals surface area (Å²) in [7, 11) is 0. The van der Waals surface area contributed by atoms with E-state index in [2.05, 4.69) is 26.3 Å². The molecule has 0 aliphatic carbocycles. The van der Waals surface area contributed by atoms with E-state index < -0.39 is 11.7 Å². The highest BCUT2D eigenvalue weighted by Crippen LogP contribution is 2.21. The molecule has 106 valence electrons. The Hall–Kier alpha value is -1.82. The minimum atomic E-state index is -0.525. The van der Waals surface area contributed by atoms with E-state index in [0.717, 1.165) is 10.2 Å². The minimum Gasteiger partial charge on any atom is -0.444 e. The predicted octanol–water partition coefficient (Wildman–Crippen LogP) is 3.98. The molecule has 1 heterocycles. The second-order valence-corrected chi connectivity index (χ2v) is 6.11. The predicted molar refractivity (Wildman–Crippen MR) is 81.1 cm³/mol. The van der Waals surface area contributed by atoms with Gasteiger partial charge in [-0.25, -0.2) is 9.48 Å². The fourth-order valence-corrected chi connectivity index (χ4v) is 2.04. The fraction of sp³-hybridized carbons (Fsp3) is 0.286. The maximum atomic E-state index is 11.7. The SMILES string of the molecule is CC(C)(C)OC(=O)Nc1cnn(-c2ccccc2Br)c1. The van der Waals surface area contributed by atoms with Crippen molar-refractivity contribution in [2.75, 3.05) is 5.32 Å². The van der Waals surface area contributed by atoms with Crippen LogP contribution in [0.25, 0.3) is 5.69 Å². The molecule has 0 radical (unpaired) electrons. The van der Waals surface area contributed by atoms with E-state index in [1.807, 2.05) is 45.0 Å². The van der Waals surface area contributed by atoms with Gasteiger partial charge < -0.3 is 4.74 Å². The molecule has 0 saturated carbocycles. The molecule has 5 nitrogen and oxygen atoms in total. The molecule has 1 N–H and O–H groups in total. The van der Waals surface area contributed by atoms with Crippen LogP contribution in [0.4, 0.5) is 10.5 Å². The molecule has 0 atom stereocenters. The van der Waals surface area contributed by atoms with Gasteiger partial charge in [-0.15, -0.1) is 0 Å². The smallest absolute Gasteiger partial charge is 0.412 e. The zero-order valence-corrected chi connectivity index (χ0v) is 13.1. The van der Waals surface area contributed by atoms with E-state index in [1.54, 1.807) is 17.1 Å². The van der Waals surface area contributed by atoms with Gasteiger partial charge in [0.2, 0.25) is 0 Å². The molecule has 1 aromatic carbocycles. The number of para-hydroxylation sites is 1. The van der Waals surface area contributed by atoms with E-state index in [4.69, 9.17) is 4.74 Å². The Morgan fingerprint density at radius 2 is 2.05 bits per heavy atom. The van der Waals surface area contributed by atoms with Crippen LogP contribution in [-0.2, 0) is 4.74 Å². The van der Waals surface area contributed by atoms with Crippen LogP contribution in [0.5, 0.6) is 0 Å². The highest BCUT2D eigenvalue weighted by atomic mass is 79.9. The molecule has 0 aliphatic rings. The second kappa shape index (κ2) is 5.66. The molecule has 0 fully saturated rings. The van der Waals surface area contributed by atoms with Crippen LogP contribution in [0, 0.1) is 0 Å². The van der Waals surface area contributed by atoms with Gasteiger partial charge in [0.15, 0.2) is 0 Å². The number of rotatable bonds is 2. The maximum Gasteiger partial charge on any atom is 0.412 e. The Kier molecular flexibility index (Phi) is 4.13. The Balaban J connectivity index is 2.10. The van der Waals surface area contributed by atoms with Gasteiger partial charge >= 0.3 is 6.09 Å². The zero-order valence-electron chi connectivity index (χ0n) is 11.6. The van der Waals surface area contributed by atoms with Crippen molar-refractivity contribution < 1.29 is 9.53 Å². The number of aromatic nitrogens is 2. The fourth-order valence-electron chi connectivity index (χ4n) is 1.58. The van der Waals surface area contributed by atoms with Crippen molar-refractivity contribution in [1.29, 1.82) is 0 Å². The number of hydrogen-bond donors (Lipinski definition) is 1. The summed E-state index contributed by atoms with van der Waals surface area (Å²) in [5.74, 6) is 0. The summed E-state index contributed by atoms with van der Waals surface area (Å²) in [5, 5.41) is 6.86. The van der Waals surface area contributed by atoms with E-state index >= 15 is 0 Å². The summed E-state index contributed by atoms with van der Waals surface area (Å²) in [6.45, 7) is 5.45. The Bertz CT molecular complexity index is 617. The first-order chi connectivity index (χ1) is 9.35. The van der Waals surface area contributed by atoms with Crippen molar-refractivity contribution in [1.82, 2.24) is 9.78 Å². The highest BCUT2D eigenvalue weighted by Gasteiger charge is 2.16. The molecule has 1 amide bonds. The summed E-state index contributed by atoms with van der Waals surface area (Å²) in [6.07, 6.45) is 2.80. The van der Waals surface area contributed by atoms with Gasteiger partial charge in [-0.3, -0.25) is 5.32 Å². The van der Waals surface area contributed by atoms with E-state index in [0.29, 0.717) is 5.69 Å². The van der Waals surface area contributed by atoms with Crippen molar-refractivity contribution >= 4 is 27.7 Å². The molecule has 0 spiro atoms. The van der Waals surface area contributed by atoms with Gasteiger partial charge in [0.1, 0.15) is 5.60 Å². The Labute approximate surface area is 126 Å². The number of benzene rings is 1. The van der Waals surface area contributed by atoms with Crippen LogP contribution in [0.3, 0.4) is 0 Å². The van der Waals surface area contributed by atoms with E-state index in [-0.39, 0.29) is 0 Å². The lowest BCUT2D eigenvalue weighted by atomic mass is 10.2. The van der Waals surface area contributed by atoms with Gasteiger partial charge in [0.25, 0.3) is 0 Å². The lowest BCUT2D eigenvalue weighted by Crippen LogP contribution is -2.27. The number of carbonyl (C=O) groups is 1. The summed E-state index contributed by atoms with van der Waals surface area (Å²) in [5.41, 5.74) is 0.947. The Morgan fingerprint density at radius 3 is 2.70 bits per heavy atom. The van der Waals surface area contributed by atoms with Gasteiger partial charge in [-0.05, 0) is 48.8 Å². The molecule has 0 unspecified atom stereocenters. The number of carbonyl (C=O) groups excluding carboxylic acids is 1. The molecule has 1 aromatic heterocycles. The van der Waals surface area contributed by atoms with E-state index in [9.17, 15) is 4.79 Å². The average molecular weight is 338 g/mol. The van der Waals surface area contributed by atoms with Crippen LogP contribution >= 0.6 is 15.9 Å². The average Bonchev–Trinajstić information content (AvgIpc) is 2.75.